The highest BCUT2D eigenvalue weighted by Gasteiger charge is 2.10. The number of carbonyl (C=O) groups excluding carboxylic acids is 1. The number of esters is 1. The van der Waals surface area contributed by atoms with Crippen molar-refractivity contribution in [2.75, 3.05) is 0 Å². The Bertz CT molecular complexity index is 702. The number of hydrogen-bond acceptors (Lipinski definition) is 2. The van der Waals surface area contributed by atoms with E-state index >= 15 is 0 Å². The summed E-state index contributed by atoms with van der Waals surface area (Å²) in [6.07, 6.45) is 3.34. The Balaban J connectivity index is 2.17. The Hall–Kier alpha value is -2.42. The van der Waals surface area contributed by atoms with Crippen molar-refractivity contribution in [3.05, 3.63) is 66.0 Å². The van der Waals surface area contributed by atoms with Crippen LogP contribution in [0.25, 0.3) is 11.1 Å². The number of hydrogen-bond donors (Lipinski definition) is 0. The molecular formula is C20H21FO2. The van der Waals surface area contributed by atoms with E-state index in [4.69, 9.17) is 4.74 Å². The normalized spacial score (nSPS) is 10.4. The van der Waals surface area contributed by atoms with Gasteiger partial charge < -0.3 is 4.74 Å². The van der Waals surface area contributed by atoms with Crippen molar-refractivity contribution < 1.29 is 13.9 Å². The van der Waals surface area contributed by atoms with Crippen LogP contribution in [0.5, 0.6) is 5.75 Å². The summed E-state index contributed by atoms with van der Waals surface area (Å²) in [6.45, 7) is 7.21. The maximum Gasteiger partial charge on any atom is 0.338 e. The van der Waals surface area contributed by atoms with Crippen molar-refractivity contribution in [3.63, 3.8) is 0 Å². The molecule has 120 valence electrons. The highest BCUT2D eigenvalue weighted by molar-refractivity contribution is 5.88. The summed E-state index contributed by atoms with van der Waals surface area (Å²) < 4.78 is 19.3. The first-order chi connectivity index (χ1) is 11.0. The van der Waals surface area contributed by atoms with Crippen molar-refractivity contribution in [3.8, 4) is 16.9 Å². The molecule has 2 nitrogen and oxygen atoms in total. The van der Waals surface area contributed by atoms with Gasteiger partial charge in [-0.3, -0.25) is 0 Å². The highest BCUT2D eigenvalue weighted by atomic mass is 19.1. The van der Waals surface area contributed by atoms with E-state index in [1.165, 1.54) is 11.6 Å². The quantitative estimate of drug-likeness (QED) is 0.410. The lowest BCUT2D eigenvalue weighted by molar-refractivity contribution is -0.130. The first-order valence-electron chi connectivity index (χ1n) is 7.77. The van der Waals surface area contributed by atoms with Gasteiger partial charge in [-0.05, 0) is 43.0 Å². The van der Waals surface area contributed by atoms with E-state index in [0.29, 0.717) is 5.56 Å². The van der Waals surface area contributed by atoms with Crippen molar-refractivity contribution >= 4 is 5.97 Å². The number of ether oxygens (including phenoxy) is 1. The lowest BCUT2D eigenvalue weighted by atomic mass is 10.0. The Kier molecular flexibility index (Phi) is 5.69. The zero-order valence-corrected chi connectivity index (χ0v) is 13.6. The van der Waals surface area contributed by atoms with Crippen LogP contribution in [0.3, 0.4) is 0 Å². The van der Waals surface area contributed by atoms with Crippen LogP contribution in [0.4, 0.5) is 4.39 Å². The molecule has 0 saturated heterocycles. The van der Waals surface area contributed by atoms with E-state index < -0.39 is 11.8 Å². The molecule has 0 aliphatic heterocycles. The van der Waals surface area contributed by atoms with Gasteiger partial charge in [0.25, 0.3) is 0 Å². The van der Waals surface area contributed by atoms with Gasteiger partial charge in [0.05, 0.1) is 0 Å². The largest absolute Gasteiger partial charge is 0.423 e. The molecule has 3 heteroatoms. The van der Waals surface area contributed by atoms with Crippen molar-refractivity contribution in [2.24, 2.45) is 0 Å². The number of rotatable bonds is 6. The lowest BCUT2D eigenvalue weighted by Crippen LogP contribution is -2.08. The Morgan fingerprint density at radius 3 is 2.43 bits per heavy atom. The topological polar surface area (TPSA) is 26.3 Å². The molecule has 2 aromatic carbocycles. The third-order valence-electron chi connectivity index (χ3n) is 3.58. The van der Waals surface area contributed by atoms with Crippen LogP contribution in [0.2, 0.25) is 0 Å². The van der Waals surface area contributed by atoms with E-state index in [-0.39, 0.29) is 11.3 Å². The van der Waals surface area contributed by atoms with Gasteiger partial charge in [0.15, 0.2) is 0 Å². The second kappa shape index (κ2) is 7.73. The second-order valence-corrected chi connectivity index (χ2v) is 5.61. The summed E-state index contributed by atoms with van der Waals surface area (Å²) in [7, 11) is 0. The van der Waals surface area contributed by atoms with Crippen molar-refractivity contribution in [1.82, 2.24) is 0 Å². The fourth-order valence-electron chi connectivity index (χ4n) is 2.22. The van der Waals surface area contributed by atoms with Crippen LogP contribution >= 0.6 is 0 Å². The minimum Gasteiger partial charge on any atom is -0.423 e. The van der Waals surface area contributed by atoms with Crippen LogP contribution in [0.1, 0.15) is 32.3 Å². The molecule has 23 heavy (non-hydrogen) atoms. The summed E-state index contributed by atoms with van der Waals surface area (Å²) >= 11 is 0. The van der Waals surface area contributed by atoms with Crippen molar-refractivity contribution in [2.45, 2.75) is 33.1 Å². The Labute approximate surface area is 136 Å². The molecule has 0 saturated carbocycles. The maximum atomic E-state index is 14.3. The standard InChI is InChI=1S/C20H21FO2/c1-4-5-6-15-7-9-16(10-8-15)18-12-11-17(13-19(18)21)23-20(22)14(2)3/h7-13H,2,4-6H2,1,3H3. The zero-order valence-electron chi connectivity index (χ0n) is 13.6. The molecule has 0 unspecified atom stereocenters. The lowest BCUT2D eigenvalue weighted by Gasteiger charge is -2.08. The molecule has 0 N–H and O–H groups in total. The average Bonchev–Trinajstić information content (AvgIpc) is 2.53. The first kappa shape index (κ1) is 16.9. The summed E-state index contributed by atoms with van der Waals surface area (Å²) in [5, 5.41) is 0. The summed E-state index contributed by atoms with van der Waals surface area (Å²) in [5.74, 6) is -0.797. The fourth-order valence-corrected chi connectivity index (χ4v) is 2.22. The number of halogens is 1. The van der Waals surface area contributed by atoms with Gasteiger partial charge in [-0.15, -0.1) is 0 Å². The molecule has 0 amide bonds. The molecule has 2 aromatic rings. The summed E-state index contributed by atoms with van der Waals surface area (Å²) in [5.41, 5.74) is 2.82. The van der Waals surface area contributed by atoms with E-state index in [2.05, 4.69) is 13.5 Å². The highest BCUT2D eigenvalue weighted by Crippen LogP contribution is 2.27. The fraction of sp³-hybridized carbons (Fsp3) is 0.250. The van der Waals surface area contributed by atoms with Crippen molar-refractivity contribution in [1.29, 1.82) is 0 Å². The molecular weight excluding hydrogens is 291 g/mol. The molecule has 0 bridgehead atoms. The zero-order chi connectivity index (χ0) is 16.8. The molecule has 0 heterocycles. The number of unbranched alkanes of at least 4 members (excludes halogenated alkanes) is 1. The third kappa shape index (κ3) is 4.52. The van der Waals surface area contributed by atoms with Gasteiger partial charge in [0.1, 0.15) is 11.6 Å². The Morgan fingerprint density at radius 2 is 1.87 bits per heavy atom. The van der Waals surface area contributed by atoms with Crippen LogP contribution in [-0.4, -0.2) is 5.97 Å². The second-order valence-electron chi connectivity index (χ2n) is 5.61. The third-order valence-corrected chi connectivity index (χ3v) is 3.58. The molecule has 0 aliphatic rings. The van der Waals surface area contributed by atoms with Gasteiger partial charge in [0, 0.05) is 17.2 Å². The van der Waals surface area contributed by atoms with E-state index in [1.54, 1.807) is 19.1 Å². The van der Waals surface area contributed by atoms with Crippen LogP contribution in [0, 0.1) is 5.82 Å². The molecule has 0 atom stereocenters. The van der Waals surface area contributed by atoms with Gasteiger partial charge in [-0.1, -0.05) is 44.2 Å². The van der Waals surface area contributed by atoms with Crippen LogP contribution < -0.4 is 4.74 Å². The SMILES string of the molecule is C=C(C)C(=O)Oc1ccc(-c2ccc(CCCC)cc2)c(F)c1. The van der Waals surface area contributed by atoms with E-state index in [9.17, 15) is 9.18 Å². The smallest absolute Gasteiger partial charge is 0.338 e. The molecule has 0 radical (unpaired) electrons. The molecule has 2 rings (SSSR count). The van der Waals surface area contributed by atoms with E-state index in [0.717, 1.165) is 24.8 Å². The number of carbonyl (C=O) groups is 1. The predicted molar refractivity (Wildman–Crippen MR) is 90.9 cm³/mol. The van der Waals surface area contributed by atoms with Crippen LogP contribution in [0.15, 0.2) is 54.6 Å². The van der Waals surface area contributed by atoms with E-state index in [1.807, 2.05) is 24.3 Å². The minimum atomic E-state index is -0.558. The molecule has 0 aliphatic carbocycles. The first-order valence-corrected chi connectivity index (χ1v) is 7.77. The predicted octanol–water partition coefficient (Wildman–Crippen LogP) is 5.32. The molecule has 0 aromatic heterocycles. The Morgan fingerprint density at radius 1 is 1.17 bits per heavy atom. The van der Waals surface area contributed by atoms with Gasteiger partial charge in [-0.2, -0.15) is 0 Å². The summed E-state index contributed by atoms with van der Waals surface area (Å²) in [4.78, 5) is 11.5. The van der Waals surface area contributed by atoms with Gasteiger partial charge >= 0.3 is 5.97 Å². The molecule has 0 spiro atoms. The maximum absolute atomic E-state index is 14.3. The average molecular weight is 312 g/mol. The summed E-state index contributed by atoms with van der Waals surface area (Å²) in [6, 6.07) is 12.3. The van der Waals surface area contributed by atoms with Gasteiger partial charge in [-0.25, -0.2) is 9.18 Å². The van der Waals surface area contributed by atoms with Gasteiger partial charge in [0.2, 0.25) is 0 Å². The van der Waals surface area contributed by atoms with Crippen LogP contribution in [-0.2, 0) is 11.2 Å². The number of aryl methyl sites for hydroxylation is 1. The molecule has 0 fully saturated rings. The monoisotopic (exact) mass is 312 g/mol. The number of benzene rings is 2. The minimum absolute atomic E-state index is 0.179.